The van der Waals surface area contributed by atoms with Gasteiger partial charge in [0.1, 0.15) is 5.37 Å². The number of fused-ring (bicyclic) bond motifs is 1. The van der Waals surface area contributed by atoms with Crippen molar-refractivity contribution in [3.05, 3.63) is 11.3 Å². The first-order valence-electron chi connectivity index (χ1n) is 6.23. The fraction of sp³-hybridized carbons (Fsp3) is 0.692. The average molecular weight is 427 g/mol. The van der Waals surface area contributed by atoms with E-state index in [1.807, 2.05) is 20.8 Å². The number of thioether (sulfide) groups is 1. The fourth-order valence-electron chi connectivity index (χ4n) is 2.23. The number of allylic oxidation sites excluding steroid dienone is 1. The Morgan fingerprint density at radius 2 is 2.05 bits per heavy atom. The Morgan fingerprint density at radius 3 is 2.50 bits per heavy atom. The summed E-state index contributed by atoms with van der Waals surface area (Å²) in [5, 5.41) is 0.433. The average Bonchev–Trinajstić information content (AvgIpc) is 2.36. The van der Waals surface area contributed by atoms with Crippen molar-refractivity contribution in [1.29, 1.82) is 0 Å². The Balaban J connectivity index is 2.47. The Bertz CT molecular complexity index is 486. The summed E-state index contributed by atoms with van der Waals surface area (Å²) in [6.07, 6.45) is -0.459. The number of methoxy groups -OCH3 is 1. The van der Waals surface area contributed by atoms with E-state index in [2.05, 4.69) is 31.9 Å². The second-order valence-corrected chi connectivity index (χ2v) is 9.10. The normalized spacial score (nSPS) is 30.2. The van der Waals surface area contributed by atoms with E-state index >= 15 is 0 Å². The minimum Gasteiger partial charge on any atom is -0.368 e. The van der Waals surface area contributed by atoms with Crippen molar-refractivity contribution in [2.45, 2.75) is 36.4 Å². The molecule has 0 N–H and O–H groups in total. The number of Topliss-reactive ketones (excluding diaryl/α,β-unsaturated/α-hetero) is 1. The van der Waals surface area contributed by atoms with E-state index < -0.39 is 11.5 Å². The topological polar surface area (TPSA) is 46.6 Å². The molecular formula is C13H17Br2NO3S. The van der Waals surface area contributed by atoms with Gasteiger partial charge in [-0.15, -0.1) is 11.8 Å². The summed E-state index contributed by atoms with van der Waals surface area (Å²) in [5.41, 5.74) is 0.910. The molecule has 7 heteroatoms. The van der Waals surface area contributed by atoms with Crippen LogP contribution in [0.15, 0.2) is 11.3 Å². The van der Waals surface area contributed by atoms with Crippen molar-refractivity contribution in [3.63, 3.8) is 0 Å². The number of hydrogen-bond donors (Lipinski definition) is 0. The van der Waals surface area contributed by atoms with E-state index in [0.29, 0.717) is 11.0 Å². The molecule has 0 saturated carbocycles. The third-order valence-corrected chi connectivity index (χ3v) is 6.43. The van der Waals surface area contributed by atoms with Crippen molar-refractivity contribution in [2.24, 2.45) is 5.41 Å². The smallest absolute Gasteiger partial charge is 0.260 e. The van der Waals surface area contributed by atoms with Crippen LogP contribution in [0.3, 0.4) is 0 Å². The van der Waals surface area contributed by atoms with E-state index in [0.717, 1.165) is 5.57 Å². The predicted molar refractivity (Wildman–Crippen MR) is 87.0 cm³/mol. The maximum atomic E-state index is 12.7. The molecule has 0 aromatic heterocycles. The molecule has 1 amide bonds. The molecule has 3 atom stereocenters. The second kappa shape index (κ2) is 5.74. The molecule has 1 fully saturated rings. The zero-order chi connectivity index (χ0) is 15.2. The fourth-order valence-corrected chi connectivity index (χ4v) is 5.81. The van der Waals surface area contributed by atoms with E-state index in [1.165, 1.54) is 7.11 Å². The number of carbonyl (C=O) groups is 2. The van der Waals surface area contributed by atoms with Gasteiger partial charge >= 0.3 is 0 Å². The first-order chi connectivity index (χ1) is 9.23. The molecule has 2 rings (SSSR count). The highest BCUT2D eigenvalue weighted by Crippen LogP contribution is 2.48. The third kappa shape index (κ3) is 2.51. The maximum absolute atomic E-state index is 12.7. The number of alkyl halides is 2. The summed E-state index contributed by atoms with van der Waals surface area (Å²) in [7, 11) is 1.53. The largest absolute Gasteiger partial charge is 0.368 e. The number of hydrogen-bond acceptors (Lipinski definition) is 4. The van der Waals surface area contributed by atoms with Crippen LogP contribution in [-0.4, -0.2) is 44.7 Å². The molecule has 4 nitrogen and oxygen atoms in total. The molecule has 0 spiro atoms. The van der Waals surface area contributed by atoms with Crippen LogP contribution < -0.4 is 0 Å². The summed E-state index contributed by atoms with van der Waals surface area (Å²) in [6.45, 7) is 5.60. The predicted octanol–water partition coefficient (Wildman–Crippen LogP) is 2.90. The van der Waals surface area contributed by atoms with E-state index in [1.54, 1.807) is 16.7 Å². The molecule has 0 aromatic carbocycles. The van der Waals surface area contributed by atoms with E-state index in [4.69, 9.17) is 4.74 Å². The van der Waals surface area contributed by atoms with Gasteiger partial charge in [-0.05, 0) is 5.57 Å². The molecule has 0 radical (unpaired) electrons. The Labute approximate surface area is 139 Å². The lowest BCUT2D eigenvalue weighted by Crippen LogP contribution is -2.66. The molecule has 2 heterocycles. The van der Waals surface area contributed by atoms with Crippen LogP contribution in [-0.2, 0) is 14.3 Å². The summed E-state index contributed by atoms with van der Waals surface area (Å²) in [5.74, 6) is -0.139. The lowest BCUT2D eigenvalue weighted by molar-refractivity contribution is -0.160. The SMILES string of the molecule is CO[C@H]1C(=O)N2C(C(=O)C(C)(C)C)=C(CBr)C(Br)S[C@H]12. The molecule has 112 valence electrons. The molecule has 1 unspecified atom stereocenters. The van der Waals surface area contributed by atoms with Crippen LogP contribution in [0.5, 0.6) is 0 Å². The van der Waals surface area contributed by atoms with Gasteiger partial charge in [-0.25, -0.2) is 0 Å². The van der Waals surface area contributed by atoms with Gasteiger partial charge in [-0.3, -0.25) is 14.5 Å². The molecule has 1 saturated heterocycles. The first kappa shape index (κ1) is 16.5. The summed E-state index contributed by atoms with van der Waals surface area (Å²) in [6, 6.07) is 0. The number of halogens is 2. The van der Waals surface area contributed by atoms with Gasteiger partial charge in [0.25, 0.3) is 5.91 Å². The Kier molecular flexibility index (Phi) is 4.74. The summed E-state index contributed by atoms with van der Waals surface area (Å²) >= 11 is 8.62. The standard InChI is InChI=1S/C13H17Br2NO3S/c1-13(2,3)9(17)7-6(5-14)10(15)20-12-8(19-4)11(18)16(7)12/h8,10,12H,5H2,1-4H3/t8-,10?,12+/m0/s1. The van der Waals surface area contributed by atoms with Gasteiger partial charge in [0.15, 0.2) is 11.9 Å². The molecule has 0 aliphatic carbocycles. The highest BCUT2D eigenvalue weighted by Gasteiger charge is 2.56. The molecule has 0 bridgehead atoms. The molecule has 20 heavy (non-hydrogen) atoms. The van der Waals surface area contributed by atoms with Crippen LogP contribution in [0.25, 0.3) is 0 Å². The van der Waals surface area contributed by atoms with Crippen LogP contribution in [0.4, 0.5) is 0 Å². The van der Waals surface area contributed by atoms with Gasteiger partial charge in [0.2, 0.25) is 0 Å². The first-order valence-corrected chi connectivity index (χ1v) is 9.21. The van der Waals surface area contributed by atoms with Crippen molar-refractivity contribution in [1.82, 2.24) is 4.90 Å². The summed E-state index contributed by atoms with van der Waals surface area (Å²) < 4.78 is 5.23. The van der Waals surface area contributed by atoms with Crippen LogP contribution in [0.1, 0.15) is 20.8 Å². The molecule has 2 aliphatic heterocycles. The maximum Gasteiger partial charge on any atom is 0.260 e. The number of amides is 1. The third-order valence-electron chi connectivity index (χ3n) is 3.37. The Morgan fingerprint density at radius 1 is 1.45 bits per heavy atom. The number of nitrogens with zero attached hydrogens (tertiary/aromatic N) is 1. The van der Waals surface area contributed by atoms with Gasteiger partial charge in [0, 0.05) is 17.9 Å². The quantitative estimate of drug-likeness (QED) is 0.514. The minimum absolute atomic E-state index is 0.00942. The van der Waals surface area contributed by atoms with Gasteiger partial charge in [-0.2, -0.15) is 0 Å². The number of ether oxygens (including phenoxy) is 1. The van der Waals surface area contributed by atoms with E-state index in [-0.39, 0.29) is 21.2 Å². The van der Waals surface area contributed by atoms with Crippen LogP contribution in [0, 0.1) is 5.41 Å². The molecule has 0 aromatic rings. The van der Waals surface area contributed by atoms with Crippen molar-refractivity contribution in [2.75, 3.05) is 12.4 Å². The number of ketones is 1. The minimum atomic E-state index is -0.527. The number of carbonyl (C=O) groups excluding carboxylic acids is 2. The van der Waals surface area contributed by atoms with Crippen molar-refractivity contribution < 1.29 is 14.3 Å². The lowest BCUT2D eigenvalue weighted by Gasteiger charge is -2.51. The lowest BCUT2D eigenvalue weighted by atomic mass is 9.86. The van der Waals surface area contributed by atoms with Crippen LogP contribution in [0.2, 0.25) is 0 Å². The number of rotatable bonds is 3. The van der Waals surface area contributed by atoms with Crippen molar-refractivity contribution >= 4 is 55.3 Å². The van der Waals surface area contributed by atoms with Gasteiger partial charge < -0.3 is 4.74 Å². The van der Waals surface area contributed by atoms with Crippen molar-refractivity contribution in [3.8, 4) is 0 Å². The molecular weight excluding hydrogens is 410 g/mol. The second-order valence-electron chi connectivity index (χ2n) is 5.79. The zero-order valence-corrected chi connectivity index (χ0v) is 15.8. The highest BCUT2D eigenvalue weighted by molar-refractivity contribution is 9.11. The number of β-lactam (4-membered cyclic amide) rings is 1. The van der Waals surface area contributed by atoms with Crippen LogP contribution >= 0.6 is 43.6 Å². The zero-order valence-electron chi connectivity index (χ0n) is 11.8. The van der Waals surface area contributed by atoms with Gasteiger partial charge in [-0.1, -0.05) is 52.6 Å². The highest BCUT2D eigenvalue weighted by atomic mass is 79.9. The molecule has 2 aliphatic rings. The summed E-state index contributed by atoms with van der Waals surface area (Å²) in [4.78, 5) is 26.5. The Hall–Kier alpha value is 0.150. The van der Waals surface area contributed by atoms with E-state index in [9.17, 15) is 9.59 Å². The van der Waals surface area contributed by atoms with Gasteiger partial charge in [0.05, 0.1) is 9.86 Å². The monoisotopic (exact) mass is 425 g/mol.